The Labute approximate surface area is 151 Å². The van der Waals surface area contributed by atoms with Crippen LogP contribution in [0.2, 0.25) is 0 Å². The number of nitrogens with one attached hydrogen (secondary N) is 2. The summed E-state index contributed by atoms with van der Waals surface area (Å²) in [5.74, 6) is -3.00. The molecule has 1 aromatic heterocycles. The van der Waals surface area contributed by atoms with Crippen molar-refractivity contribution in [3.63, 3.8) is 0 Å². The molecule has 140 valence electrons. The number of esters is 1. The number of halogens is 3. The number of carbonyl (C=O) groups excluding carboxylic acids is 1. The minimum absolute atomic E-state index is 0.00965. The number of carbonyl (C=O) groups is 1. The molecule has 0 aliphatic heterocycles. The number of benzene rings is 2. The van der Waals surface area contributed by atoms with Crippen molar-refractivity contribution in [1.82, 2.24) is 4.98 Å². The Morgan fingerprint density at radius 3 is 2.52 bits per heavy atom. The van der Waals surface area contributed by atoms with Gasteiger partial charge in [0, 0.05) is 23.6 Å². The van der Waals surface area contributed by atoms with Gasteiger partial charge in [-0.1, -0.05) is 6.07 Å². The van der Waals surface area contributed by atoms with Crippen LogP contribution in [0.4, 0.5) is 18.9 Å². The van der Waals surface area contributed by atoms with E-state index in [2.05, 4.69) is 10.3 Å². The number of anilines is 1. The zero-order valence-corrected chi connectivity index (χ0v) is 14.2. The highest BCUT2D eigenvalue weighted by atomic mass is 19.1. The molecule has 0 radical (unpaired) electrons. The van der Waals surface area contributed by atoms with E-state index in [0.29, 0.717) is 0 Å². The van der Waals surface area contributed by atoms with E-state index in [-0.39, 0.29) is 40.9 Å². The van der Waals surface area contributed by atoms with Crippen LogP contribution in [0.3, 0.4) is 0 Å². The average Bonchev–Trinajstić information content (AvgIpc) is 2.61. The summed E-state index contributed by atoms with van der Waals surface area (Å²) in [5, 5.41) is 3.01. The van der Waals surface area contributed by atoms with E-state index in [1.165, 1.54) is 12.1 Å². The van der Waals surface area contributed by atoms with E-state index < -0.39 is 29.0 Å². The van der Waals surface area contributed by atoms with Gasteiger partial charge in [0.05, 0.1) is 17.8 Å². The second-order valence-corrected chi connectivity index (χ2v) is 5.70. The Balaban J connectivity index is 2.12. The summed E-state index contributed by atoms with van der Waals surface area (Å²) >= 11 is 0. The van der Waals surface area contributed by atoms with E-state index in [4.69, 9.17) is 4.74 Å². The molecule has 0 spiro atoms. The van der Waals surface area contributed by atoms with Crippen molar-refractivity contribution in [3.8, 4) is 0 Å². The fourth-order valence-corrected chi connectivity index (χ4v) is 2.70. The zero-order chi connectivity index (χ0) is 19.6. The number of aromatic nitrogens is 1. The van der Waals surface area contributed by atoms with E-state index in [1.54, 1.807) is 6.92 Å². The topological polar surface area (TPSA) is 71.2 Å². The molecule has 3 rings (SSSR count). The molecular formula is C19H15F3N2O3. The van der Waals surface area contributed by atoms with Gasteiger partial charge in [0.25, 0.3) is 5.56 Å². The summed E-state index contributed by atoms with van der Waals surface area (Å²) in [6.45, 7) is 1.45. The van der Waals surface area contributed by atoms with Crippen molar-refractivity contribution in [2.24, 2.45) is 0 Å². The highest BCUT2D eigenvalue weighted by Gasteiger charge is 2.21. The Morgan fingerprint density at radius 1 is 1.11 bits per heavy atom. The molecule has 2 aromatic carbocycles. The van der Waals surface area contributed by atoms with E-state index in [9.17, 15) is 22.8 Å². The number of aromatic amines is 1. The lowest BCUT2D eigenvalue weighted by molar-refractivity contribution is 0.0525. The smallest absolute Gasteiger partial charge is 0.345 e. The van der Waals surface area contributed by atoms with Crippen molar-refractivity contribution in [2.45, 2.75) is 13.5 Å². The molecule has 0 saturated carbocycles. The molecule has 0 aliphatic rings. The van der Waals surface area contributed by atoms with E-state index in [0.717, 1.165) is 24.3 Å². The maximum absolute atomic E-state index is 13.9. The van der Waals surface area contributed by atoms with Crippen molar-refractivity contribution in [2.75, 3.05) is 11.9 Å². The van der Waals surface area contributed by atoms with Gasteiger partial charge >= 0.3 is 5.97 Å². The highest BCUT2D eigenvalue weighted by molar-refractivity contribution is 6.04. The minimum atomic E-state index is -0.896. The third-order valence-electron chi connectivity index (χ3n) is 3.93. The van der Waals surface area contributed by atoms with Gasteiger partial charge < -0.3 is 15.0 Å². The fourth-order valence-electron chi connectivity index (χ4n) is 2.70. The first kappa shape index (κ1) is 18.5. The van der Waals surface area contributed by atoms with Gasteiger partial charge in [0.2, 0.25) is 0 Å². The molecule has 0 aliphatic carbocycles. The van der Waals surface area contributed by atoms with E-state index in [1.807, 2.05) is 0 Å². The lowest BCUT2D eigenvalue weighted by Gasteiger charge is -2.14. The fraction of sp³-hybridized carbons (Fsp3) is 0.158. The summed E-state index contributed by atoms with van der Waals surface area (Å²) in [5.41, 5.74) is -0.671. The zero-order valence-electron chi connectivity index (χ0n) is 14.2. The third kappa shape index (κ3) is 3.79. The Morgan fingerprint density at radius 2 is 1.81 bits per heavy atom. The summed E-state index contributed by atoms with van der Waals surface area (Å²) in [6, 6.07) is 6.69. The quantitative estimate of drug-likeness (QED) is 0.666. The van der Waals surface area contributed by atoms with Crippen LogP contribution in [0.1, 0.15) is 22.8 Å². The Kier molecular flexibility index (Phi) is 5.16. The van der Waals surface area contributed by atoms with Crippen molar-refractivity contribution in [3.05, 3.63) is 75.3 Å². The van der Waals surface area contributed by atoms with Crippen LogP contribution in [0, 0.1) is 17.5 Å². The van der Waals surface area contributed by atoms with Crippen LogP contribution in [0.5, 0.6) is 0 Å². The van der Waals surface area contributed by atoms with Crippen LogP contribution in [0.25, 0.3) is 10.9 Å². The van der Waals surface area contributed by atoms with Gasteiger partial charge in [0.15, 0.2) is 0 Å². The lowest BCUT2D eigenvalue weighted by Crippen LogP contribution is -2.23. The standard InChI is InChI=1S/C19H15F3N2O3/c1-2-27-19(26)16-17(23-9-10-3-4-12(21)8-14(10)22)13-7-11(20)5-6-15(13)24-18(16)25/h3-8H,2,9H2,1H3,(H2,23,24,25). The summed E-state index contributed by atoms with van der Waals surface area (Å²) < 4.78 is 45.6. The highest BCUT2D eigenvalue weighted by Crippen LogP contribution is 2.26. The average molecular weight is 376 g/mol. The number of H-pyrrole nitrogens is 1. The molecule has 1 heterocycles. The third-order valence-corrected chi connectivity index (χ3v) is 3.93. The molecule has 0 saturated heterocycles. The van der Waals surface area contributed by atoms with Crippen molar-refractivity contribution in [1.29, 1.82) is 0 Å². The Hall–Kier alpha value is -3.29. The van der Waals surface area contributed by atoms with Gasteiger partial charge in [-0.25, -0.2) is 18.0 Å². The molecule has 0 atom stereocenters. The number of rotatable bonds is 5. The molecule has 3 aromatic rings. The molecule has 0 fully saturated rings. The number of ether oxygens (including phenoxy) is 1. The first-order valence-corrected chi connectivity index (χ1v) is 8.11. The Bertz CT molecular complexity index is 1080. The first-order valence-electron chi connectivity index (χ1n) is 8.11. The molecule has 0 amide bonds. The summed E-state index contributed by atoms with van der Waals surface area (Å²) in [4.78, 5) is 27.1. The van der Waals surface area contributed by atoms with Gasteiger partial charge in [-0.15, -0.1) is 0 Å². The van der Waals surface area contributed by atoms with Gasteiger partial charge in [-0.3, -0.25) is 4.79 Å². The van der Waals surface area contributed by atoms with Crippen molar-refractivity contribution >= 4 is 22.6 Å². The first-order chi connectivity index (χ1) is 12.9. The second-order valence-electron chi connectivity index (χ2n) is 5.70. The molecule has 5 nitrogen and oxygen atoms in total. The summed E-state index contributed by atoms with van der Waals surface area (Å²) in [7, 11) is 0. The van der Waals surface area contributed by atoms with Gasteiger partial charge in [-0.2, -0.15) is 0 Å². The maximum Gasteiger partial charge on any atom is 0.345 e. The molecule has 2 N–H and O–H groups in total. The summed E-state index contributed by atoms with van der Waals surface area (Å²) in [6.07, 6.45) is 0. The predicted molar refractivity (Wildman–Crippen MR) is 94.2 cm³/mol. The number of hydrogen-bond acceptors (Lipinski definition) is 4. The molecule has 8 heteroatoms. The minimum Gasteiger partial charge on any atom is -0.462 e. The second kappa shape index (κ2) is 7.53. The number of pyridine rings is 1. The van der Waals surface area contributed by atoms with Crippen LogP contribution in [0.15, 0.2) is 41.2 Å². The normalized spacial score (nSPS) is 10.8. The predicted octanol–water partition coefficient (Wildman–Crippen LogP) is 3.73. The number of fused-ring (bicyclic) bond motifs is 1. The van der Waals surface area contributed by atoms with E-state index >= 15 is 0 Å². The number of hydrogen-bond donors (Lipinski definition) is 2. The van der Waals surface area contributed by atoms with Gasteiger partial charge in [-0.05, 0) is 31.2 Å². The monoisotopic (exact) mass is 376 g/mol. The van der Waals surface area contributed by atoms with Crippen molar-refractivity contribution < 1.29 is 22.7 Å². The van der Waals surface area contributed by atoms with Gasteiger partial charge in [0.1, 0.15) is 23.0 Å². The molecule has 0 unspecified atom stereocenters. The molecule has 0 bridgehead atoms. The largest absolute Gasteiger partial charge is 0.462 e. The SMILES string of the molecule is CCOC(=O)c1c(NCc2ccc(F)cc2F)c2cc(F)ccc2[nH]c1=O. The lowest BCUT2D eigenvalue weighted by atomic mass is 10.1. The van der Waals surface area contributed by atoms with Crippen LogP contribution in [-0.2, 0) is 11.3 Å². The molecular weight excluding hydrogens is 361 g/mol. The van der Waals surface area contributed by atoms with Crippen LogP contribution < -0.4 is 10.9 Å². The molecule has 27 heavy (non-hydrogen) atoms. The van der Waals surface area contributed by atoms with Crippen LogP contribution >= 0.6 is 0 Å². The maximum atomic E-state index is 13.9. The van der Waals surface area contributed by atoms with Crippen LogP contribution in [-0.4, -0.2) is 17.6 Å².